The predicted molar refractivity (Wildman–Crippen MR) is 72.1 cm³/mol. The van der Waals surface area contributed by atoms with Crippen LogP contribution in [-0.4, -0.2) is 31.5 Å². The third-order valence-electron chi connectivity index (χ3n) is 2.81. The van der Waals surface area contributed by atoms with Crippen molar-refractivity contribution in [2.24, 2.45) is 11.7 Å². The molecule has 1 rings (SSSR count). The molecule has 0 aliphatic carbocycles. The second kappa shape index (κ2) is 7.96. The van der Waals surface area contributed by atoms with E-state index in [1.165, 1.54) is 6.07 Å². The molecule has 0 aromatic heterocycles. The fourth-order valence-electron chi connectivity index (χ4n) is 1.80. The first-order chi connectivity index (χ1) is 9.15. The van der Waals surface area contributed by atoms with Gasteiger partial charge in [0.2, 0.25) is 0 Å². The van der Waals surface area contributed by atoms with Crippen molar-refractivity contribution in [3.63, 3.8) is 0 Å². The maximum Gasteiger partial charge on any atom is 0.164 e. The first-order valence-electron chi connectivity index (χ1n) is 6.55. The fourth-order valence-corrected chi connectivity index (χ4v) is 1.80. The largest absolute Gasteiger partial charge is 0.490 e. The lowest BCUT2D eigenvalue weighted by Crippen LogP contribution is -2.21. The monoisotopic (exact) mass is 271 g/mol. The highest BCUT2D eigenvalue weighted by molar-refractivity contribution is 5.44. The molecule has 0 bridgehead atoms. The van der Waals surface area contributed by atoms with Crippen molar-refractivity contribution in [2.75, 3.05) is 26.4 Å². The molecule has 0 saturated carbocycles. The first-order valence-corrected chi connectivity index (χ1v) is 6.55. The number of halogens is 1. The van der Waals surface area contributed by atoms with Crippen molar-refractivity contribution >= 4 is 0 Å². The number of nitrogens with two attached hydrogens (primary N) is 1. The lowest BCUT2D eigenvalue weighted by atomic mass is 9.99. The molecule has 108 valence electrons. The zero-order valence-electron chi connectivity index (χ0n) is 11.5. The average molecular weight is 271 g/mol. The molecule has 1 aromatic carbocycles. The molecule has 0 spiro atoms. The Balaban J connectivity index is 3.01. The second-order valence-corrected chi connectivity index (χ2v) is 4.24. The van der Waals surface area contributed by atoms with Crippen LogP contribution in [0.2, 0.25) is 0 Å². The molecule has 1 aromatic rings. The van der Waals surface area contributed by atoms with Crippen molar-refractivity contribution in [3.8, 4) is 11.5 Å². The average Bonchev–Trinajstić information content (AvgIpc) is 2.40. The van der Waals surface area contributed by atoms with E-state index < -0.39 is 0 Å². The summed E-state index contributed by atoms with van der Waals surface area (Å²) in [5.41, 5.74) is 6.00. The summed E-state index contributed by atoms with van der Waals surface area (Å²) in [6.07, 6.45) is 0.380. The molecule has 0 saturated heterocycles. The Hall–Kier alpha value is -1.33. The van der Waals surface area contributed by atoms with Gasteiger partial charge in [-0.2, -0.15) is 0 Å². The van der Waals surface area contributed by atoms with E-state index in [4.69, 9.17) is 20.3 Å². The highest BCUT2D eigenvalue weighted by Crippen LogP contribution is 2.31. The molecule has 19 heavy (non-hydrogen) atoms. The Morgan fingerprint density at radius 1 is 1.21 bits per heavy atom. The Bertz CT molecular complexity index is 395. The van der Waals surface area contributed by atoms with E-state index >= 15 is 0 Å². The van der Waals surface area contributed by atoms with Gasteiger partial charge in [-0.3, -0.25) is 0 Å². The molecule has 0 aliphatic rings. The number of aliphatic hydroxyl groups is 1. The van der Waals surface area contributed by atoms with Gasteiger partial charge in [0.15, 0.2) is 11.5 Å². The minimum absolute atomic E-state index is 0.0624. The van der Waals surface area contributed by atoms with E-state index in [0.717, 1.165) is 0 Å². The Labute approximate surface area is 113 Å². The summed E-state index contributed by atoms with van der Waals surface area (Å²) >= 11 is 0. The fraction of sp³-hybridized carbons (Fsp3) is 0.571. The van der Waals surface area contributed by atoms with Crippen LogP contribution >= 0.6 is 0 Å². The number of hydrogen-bond acceptors (Lipinski definition) is 4. The lowest BCUT2D eigenvalue weighted by Gasteiger charge is -2.16. The zero-order chi connectivity index (χ0) is 14.3. The van der Waals surface area contributed by atoms with Crippen molar-refractivity contribution < 1.29 is 19.0 Å². The molecule has 1 atom stereocenters. The van der Waals surface area contributed by atoms with Gasteiger partial charge < -0.3 is 20.3 Å². The Morgan fingerprint density at radius 3 is 2.26 bits per heavy atom. The van der Waals surface area contributed by atoms with Gasteiger partial charge in [0.05, 0.1) is 13.2 Å². The van der Waals surface area contributed by atoms with E-state index in [1.807, 2.05) is 13.8 Å². The molecule has 5 heteroatoms. The maximum atomic E-state index is 14.0. The van der Waals surface area contributed by atoms with Crippen LogP contribution in [0.1, 0.15) is 19.4 Å². The third kappa shape index (κ3) is 4.36. The standard InChI is InChI=1S/C14H22FNO3/c1-3-18-13-6-11(5-10(8-16)9-17)12(15)7-14(13)19-4-2/h6-7,10,17H,3-5,8-9,16H2,1-2H3. The molecule has 0 radical (unpaired) electrons. The quantitative estimate of drug-likeness (QED) is 0.756. The van der Waals surface area contributed by atoms with Crippen LogP contribution in [0.5, 0.6) is 11.5 Å². The zero-order valence-corrected chi connectivity index (χ0v) is 11.5. The van der Waals surface area contributed by atoms with Gasteiger partial charge in [0, 0.05) is 12.7 Å². The van der Waals surface area contributed by atoms with E-state index in [9.17, 15) is 4.39 Å². The lowest BCUT2D eigenvalue weighted by molar-refractivity contribution is 0.228. The van der Waals surface area contributed by atoms with E-state index in [2.05, 4.69) is 0 Å². The molecule has 0 fully saturated rings. The minimum Gasteiger partial charge on any atom is -0.490 e. The van der Waals surface area contributed by atoms with Gasteiger partial charge in [-0.05, 0) is 44.4 Å². The Kier molecular flexibility index (Phi) is 6.59. The normalized spacial score (nSPS) is 12.3. The number of aliphatic hydroxyl groups excluding tert-OH is 1. The summed E-state index contributed by atoms with van der Waals surface area (Å²) in [5.74, 6) is 0.411. The van der Waals surface area contributed by atoms with E-state index in [0.29, 0.717) is 43.2 Å². The highest BCUT2D eigenvalue weighted by atomic mass is 19.1. The molecule has 0 amide bonds. The summed E-state index contributed by atoms with van der Waals surface area (Å²) in [6.45, 7) is 4.86. The van der Waals surface area contributed by atoms with Crippen molar-refractivity contribution in [3.05, 3.63) is 23.5 Å². The predicted octanol–water partition coefficient (Wildman–Crippen LogP) is 1.73. The highest BCUT2D eigenvalue weighted by Gasteiger charge is 2.15. The second-order valence-electron chi connectivity index (χ2n) is 4.24. The molecule has 0 heterocycles. The molecule has 1 unspecified atom stereocenters. The first kappa shape index (κ1) is 15.7. The van der Waals surface area contributed by atoms with Crippen LogP contribution in [0.4, 0.5) is 4.39 Å². The van der Waals surface area contributed by atoms with Crippen LogP contribution in [0.25, 0.3) is 0 Å². The minimum atomic E-state index is -0.362. The number of hydrogen-bond donors (Lipinski definition) is 2. The molecule has 3 N–H and O–H groups in total. The van der Waals surface area contributed by atoms with Crippen LogP contribution in [0.15, 0.2) is 12.1 Å². The number of benzene rings is 1. The topological polar surface area (TPSA) is 64.7 Å². The van der Waals surface area contributed by atoms with Gasteiger partial charge in [-0.25, -0.2) is 4.39 Å². The molecular weight excluding hydrogens is 249 g/mol. The van der Waals surface area contributed by atoms with Crippen LogP contribution in [-0.2, 0) is 6.42 Å². The number of rotatable bonds is 8. The van der Waals surface area contributed by atoms with Crippen molar-refractivity contribution in [1.29, 1.82) is 0 Å². The summed E-state index contributed by atoms with van der Waals surface area (Å²) in [5, 5.41) is 9.13. The van der Waals surface area contributed by atoms with Crippen molar-refractivity contribution in [1.82, 2.24) is 0 Å². The smallest absolute Gasteiger partial charge is 0.164 e. The summed E-state index contributed by atoms with van der Waals surface area (Å²) in [6, 6.07) is 2.96. The van der Waals surface area contributed by atoms with Crippen LogP contribution < -0.4 is 15.2 Å². The van der Waals surface area contributed by atoms with E-state index in [-0.39, 0.29) is 18.3 Å². The SMILES string of the molecule is CCOc1cc(F)c(CC(CN)CO)cc1OCC. The molecular formula is C14H22FNO3. The summed E-state index contributed by atoms with van der Waals surface area (Å²) < 4.78 is 24.8. The number of ether oxygens (including phenoxy) is 2. The maximum absolute atomic E-state index is 14.0. The van der Waals surface area contributed by atoms with Gasteiger partial charge in [0.1, 0.15) is 5.82 Å². The Morgan fingerprint density at radius 2 is 1.79 bits per heavy atom. The molecule has 4 nitrogen and oxygen atoms in total. The van der Waals surface area contributed by atoms with E-state index in [1.54, 1.807) is 6.07 Å². The van der Waals surface area contributed by atoms with Crippen LogP contribution in [0.3, 0.4) is 0 Å². The van der Waals surface area contributed by atoms with Crippen LogP contribution in [0, 0.1) is 11.7 Å². The summed E-state index contributed by atoms with van der Waals surface area (Å²) in [4.78, 5) is 0. The van der Waals surface area contributed by atoms with Gasteiger partial charge in [0.25, 0.3) is 0 Å². The molecule has 0 aliphatic heterocycles. The third-order valence-corrected chi connectivity index (χ3v) is 2.81. The van der Waals surface area contributed by atoms with Gasteiger partial charge in [-0.1, -0.05) is 0 Å². The van der Waals surface area contributed by atoms with Crippen molar-refractivity contribution in [2.45, 2.75) is 20.3 Å². The van der Waals surface area contributed by atoms with Gasteiger partial charge in [-0.15, -0.1) is 0 Å². The summed E-state index contributed by atoms with van der Waals surface area (Å²) in [7, 11) is 0. The van der Waals surface area contributed by atoms with Gasteiger partial charge >= 0.3 is 0 Å².